The Balaban J connectivity index is 2.75. The largest absolute Gasteiger partial charge is 0.380 e. The van der Waals surface area contributed by atoms with Gasteiger partial charge in [-0.05, 0) is 47.9 Å². The molecule has 0 radical (unpaired) electrons. The van der Waals surface area contributed by atoms with E-state index in [2.05, 4.69) is 46.8 Å². The van der Waals surface area contributed by atoms with Crippen LogP contribution >= 0.6 is 0 Å². The van der Waals surface area contributed by atoms with Gasteiger partial charge in [-0.2, -0.15) is 0 Å². The van der Waals surface area contributed by atoms with Gasteiger partial charge in [-0.15, -0.1) is 0 Å². The molecular formula is C26H36FNO. The van der Waals surface area contributed by atoms with Crippen LogP contribution < -0.4 is 0 Å². The Labute approximate surface area is 176 Å². The summed E-state index contributed by atoms with van der Waals surface area (Å²) in [6, 6.07) is 6.80. The van der Waals surface area contributed by atoms with Crippen LogP contribution in [0.1, 0.15) is 94.7 Å². The molecule has 3 heteroatoms. The van der Waals surface area contributed by atoms with Crippen LogP contribution in [0, 0.1) is 5.82 Å². The highest BCUT2D eigenvalue weighted by Gasteiger charge is 2.22. The van der Waals surface area contributed by atoms with E-state index in [-0.39, 0.29) is 11.7 Å². The molecule has 0 aliphatic heterocycles. The smallest absolute Gasteiger partial charge is 0.123 e. The molecule has 1 heterocycles. The quantitative estimate of drug-likeness (QED) is 0.380. The molecule has 158 valence electrons. The Kier molecular flexibility index (Phi) is 9.03. The fourth-order valence-electron chi connectivity index (χ4n) is 3.71. The van der Waals surface area contributed by atoms with Crippen molar-refractivity contribution in [3.8, 4) is 11.1 Å². The van der Waals surface area contributed by atoms with Gasteiger partial charge in [-0.3, -0.25) is 4.98 Å². The van der Waals surface area contributed by atoms with E-state index in [0.29, 0.717) is 12.5 Å². The van der Waals surface area contributed by atoms with Gasteiger partial charge in [0.2, 0.25) is 0 Å². The van der Waals surface area contributed by atoms with Gasteiger partial charge in [-0.25, -0.2) is 4.39 Å². The number of ether oxygens (including phenoxy) is 1. The van der Waals surface area contributed by atoms with Crippen molar-refractivity contribution in [2.45, 2.75) is 78.7 Å². The molecule has 0 amide bonds. The Morgan fingerprint density at radius 2 is 1.66 bits per heavy atom. The number of pyridine rings is 1. The number of methoxy groups -OCH3 is 1. The summed E-state index contributed by atoms with van der Waals surface area (Å²) in [5.41, 5.74) is 6.54. The zero-order valence-corrected chi connectivity index (χ0v) is 18.9. The number of halogens is 1. The molecule has 2 aromatic rings. The van der Waals surface area contributed by atoms with E-state index in [1.807, 2.05) is 12.1 Å². The summed E-state index contributed by atoms with van der Waals surface area (Å²) >= 11 is 0. The van der Waals surface area contributed by atoms with Crippen LogP contribution in [-0.2, 0) is 11.3 Å². The van der Waals surface area contributed by atoms with Crippen molar-refractivity contribution in [2.24, 2.45) is 0 Å². The van der Waals surface area contributed by atoms with Gasteiger partial charge in [0.15, 0.2) is 0 Å². The first-order valence-corrected chi connectivity index (χ1v) is 10.9. The second-order valence-electron chi connectivity index (χ2n) is 8.30. The molecule has 2 rings (SSSR count). The first-order valence-electron chi connectivity index (χ1n) is 10.9. The molecule has 0 spiro atoms. The van der Waals surface area contributed by atoms with Gasteiger partial charge in [0.25, 0.3) is 0 Å². The van der Waals surface area contributed by atoms with Crippen LogP contribution in [0.15, 0.2) is 30.3 Å². The average molecular weight is 398 g/mol. The van der Waals surface area contributed by atoms with Crippen molar-refractivity contribution in [1.29, 1.82) is 0 Å². The molecule has 0 atom stereocenters. The van der Waals surface area contributed by atoms with Crippen molar-refractivity contribution in [3.63, 3.8) is 0 Å². The van der Waals surface area contributed by atoms with E-state index in [1.54, 1.807) is 7.11 Å². The van der Waals surface area contributed by atoms with E-state index in [9.17, 15) is 4.39 Å². The van der Waals surface area contributed by atoms with Crippen LogP contribution in [0.5, 0.6) is 0 Å². The standard InChI is InChI=1S/C26H36FNO/c1-7-8-9-10-11-12-22-24(20-13-15-21(27)16-14-20)23(17-29-6)26(19(4)5)28-25(22)18(2)3/h11-16,18-19H,7-10,17H2,1-6H3/b12-11+. The highest BCUT2D eigenvalue weighted by atomic mass is 19.1. The minimum atomic E-state index is -0.221. The second-order valence-corrected chi connectivity index (χ2v) is 8.30. The summed E-state index contributed by atoms with van der Waals surface area (Å²) in [5, 5.41) is 0. The van der Waals surface area contributed by atoms with Crippen LogP contribution in [0.3, 0.4) is 0 Å². The van der Waals surface area contributed by atoms with Gasteiger partial charge >= 0.3 is 0 Å². The van der Waals surface area contributed by atoms with Gasteiger partial charge < -0.3 is 4.74 Å². The Morgan fingerprint density at radius 1 is 1.00 bits per heavy atom. The third kappa shape index (κ3) is 5.99. The molecule has 0 aliphatic carbocycles. The normalized spacial score (nSPS) is 11.9. The van der Waals surface area contributed by atoms with Crippen LogP contribution in [0.2, 0.25) is 0 Å². The maximum Gasteiger partial charge on any atom is 0.123 e. The lowest BCUT2D eigenvalue weighted by Gasteiger charge is -2.23. The first-order chi connectivity index (χ1) is 13.9. The number of hydrogen-bond acceptors (Lipinski definition) is 2. The lowest BCUT2D eigenvalue weighted by molar-refractivity contribution is 0.184. The highest BCUT2D eigenvalue weighted by Crippen LogP contribution is 2.37. The summed E-state index contributed by atoms with van der Waals surface area (Å²) in [6.45, 7) is 11.4. The van der Waals surface area contributed by atoms with Crippen LogP contribution in [0.4, 0.5) is 4.39 Å². The van der Waals surface area contributed by atoms with Crippen molar-refractivity contribution in [3.05, 3.63) is 58.7 Å². The summed E-state index contributed by atoms with van der Waals surface area (Å²) in [4.78, 5) is 5.10. The molecular weight excluding hydrogens is 361 g/mol. The van der Waals surface area contributed by atoms with Crippen molar-refractivity contribution >= 4 is 6.08 Å². The third-order valence-corrected chi connectivity index (χ3v) is 5.17. The second kappa shape index (κ2) is 11.3. The molecule has 1 aromatic carbocycles. The molecule has 2 nitrogen and oxygen atoms in total. The summed E-state index contributed by atoms with van der Waals surface area (Å²) < 4.78 is 19.2. The highest BCUT2D eigenvalue weighted by molar-refractivity contribution is 5.80. The molecule has 29 heavy (non-hydrogen) atoms. The number of nitrogens with zero attached hydrogens (tertiary/aromatic N) is 1. The van der Waals surface area contributed by atoms with E-state index >= 15 is 0 Å². The molecule has 0 aliphatic rings. The number of benzene rings is 1. The zero-order valence-electron chi connectivity index (χ0n) is 18.9. The molecule has 1 aromatic heterocycles. The number of allylic oxidation sites excluding steroid dienone is 1. The predicted octanol–water partition coefficient (Wildman–Crippen LogP) is 7.87. The average Bonchev–Trinajstić information content (AvgIpc) is 2.68. The van der Waals surface area contributed by atoms with Gasteiger partial charge in [0.05, 0.1) is 12.3 Å². The topological polar surface area (TPSA) is 22.1 Å². The molecule has 0 bridgehead atoms. The Hall–Kier alpha value is -2.00. The summed E-state index contributed by atoms with van der Waals surface area (Å²) in [5.74, 6) is 0.346. The number of aromatic nitrogens is 1. The lowest BCUT2D eigenvalue weighted by atomic mass is 9.87. The van der Waals surface area contributed by atoms with Crippen LogP contribution in [-0.4, -0.2) is 12.1 Å². The Morgan fingerprint density at radius 3 is 2.21 bits per heavy atom. The van der Waals surface area contributed by atoms with E-state index in [1.165, 1.54) is 31.4 Å². The molecule has 0 unspecified atom stereocenters. The van der Waals surface area contributed by atoms with Crippen molar-refractivity contribution in [2.75, 3.05) is 7.11 Å². The fraction of sp³-hybridized carbons (Fsp3) is 0.500. The predicted molar refractivity (Wildman–Crippen MR) is 122 cm³/mol. The van der Waals surface area contributed by atoms with E-state index in [4.69, 9.17) is 9.72 Å². The lowest BCUT2D eigenvalue weighted by Crippen LogP contribution is -2.11. The number of rotatable bonds is 10. The molecule has 0 N–H and O–H groups in total. The van der Waals surface area contributed by atoms with Crippen LogP contribution in [0.25, 0.3) is 17.2 Å². The van der Waals surface area contributed by atoms with E-state index < -0.39 is 0 Å². The SMILES string of the molecule is CCCCC/C=C/c1c(C(C)C)nc(C(C)C)c(COC)c1-c1ccc(F)cc1. The van der Waals surface area contributed by atoms with Gasteiger partial charge in [0.1, 0.15) is 5.82 Å². The fourth-order valence-corrected chi connectivity index (χ4v) is 3.71. The van der Waals surface area contributed by atoms with E-state index in [0.717, 1.165) is 40.1 Å². The molecule has 0 saturated heterocycles. The zero-order chi connectivity index (χ0) is 21.4. The minimum Gasteiger partial charge on any atom is -0.380 e. The maximum atomic E-state index is 13.6. The molecule has 0 saturated carbocycles. The molecule has 0 fully saturated rings. The van der Waals surface area contributed by atoms with Gasteiger partial charge in [0, 0.05) is 23.9 Å². The van der Waals surface area contributed by atoms with Crippen molar-refractivity contribution in [1.82, 2.24) is 4.98 Å². The third-order valence-electron chi connectivity index (χ3n) is 5.17. The van der Waals surface area contributed by atoms with Gasteiger partial charge in [-0.1, -0.05) is 71.7 Å². The van der Waals surface area contributed by atoms with Crippen molar-refractivity contribution < 1.29 is 9.13 Å². The maximum absolute atomic E-state index is 13.6. The number of hydrogen-bond donors (Lipinski definition) is 0. The monoisotopic (exact) mass is 397 g/mol. The number of unbranched alkanes of at least 4 members (excludes halogenated alkanes) is 3. The first kappa shape index (κ1) is 23.3. The minimum absolute atomic E-state index is 0.221. The Bertz CT molecular complexity index is 806. The summed E-state index contributed by atoms with van der Waals surface area (Å²) in [7, 11) is 1.72. The summed E-state index contributed by atoms with van der Waals surface area (Å²) in [6.07, 6.45) is 9.19.